The van der Waals surface area contributed by atoms with Gasteiger partial charge < -0.3 is 4.74 Å². The Balaban J connectivity index is 2.02. The molecule has 8 heteroatoms. The van der Waals surface area contributed by atoms with Crippen molar-refractivity contribution < 1.29 is 19.2 Å². The fourth-order valence-corrected chi connectivity index (χ4v) is 2.82. The largest absolute Gasteiger partial charge is 0.468 e. The third kappa shape index (κ3) is 3.35. The number of Topliss-reactive ketones (excluding diaryl/α,β-unsaturated/α-hetero) is 1. The summed E-state index contributed by atoms with van der Waals surface area (Å²) >= 11 is 0. The Morgan fingerprint density at radius 3 is 2.62 bits per heavy atom. The average molecular weight is 353 g/mol. The highest BCUT2D eigenvalue weighted by atomic mass is 16.6. The first-order chi connectivity index (χ1) is 12.5. The van der Waals surface area contributed by atoms with Crippen LogP contribution in [0.25, 0.3) is 5.57 Å². The Morgan fingerprint density at radius 2 is 1.96 bits per heavy atom. The molecule has 0 radical (unpaired) electrons. The van der Waals surface area contributed by atoms with Crippen molar-refractivity contribution in [2.24, 2.45) is 0 Å². The smallest absolute Gasteiger partial charge is 0.326 e. The number of methoxy groups -OCH3 is 1. The molecule has 8 nitrogen and oxygen atoms in total. The predicted molar refractivity (Wildman–Crippen MR) is 92.4 cm³/mol. The molecular formula is C18H15N3O5. The maximum absolute atomic E-state index is 12.9. The van der Waals surface area contributed by atoms with E-state index in [-0.39, 0.29) is 11.5 Å². The van der Waals surface area contributed by atoms with Crippen LogP contribution >= 0.6 is 0 Å². The summed E-state index contributed by atoms with van der Waals surface area (Å²) in [5.41, 5.74) is 1.30. The Hall–Kier alpha value is -3.39. The van der Waals surface area contributed by atoms with Gasteiger partial charge in [0.15, 0.2) is 5.78 Å². The van der Waals surface area contributed by atoms with E-state index in [1.54, 1.807) is 24.3 Å². The van der Waals surface area contributed by atoms with E-state index in [2.05, 4.69) is 10.3 Å². The number of hydrogen-bond acceptors (Lipinski definition) is 7. The second-order valence-corrected chi connectivity index (χ2v) is 5.63. The SMILES string of the molecule is COC(=O)[C@@H]1C=C(c2cccc([N+](=O)[O-])c2)[C@H](C(=O)c2ccncc2)N1. The highest BCUT2D eigenvalue weighted by molar-refractivity contribution is 6.09. The molecule has 2 heterocycles. The molecule has 0 unspecified atom stereocenters. The Kier molecular flexibility index (Phi) is 4.85. The van der Waals surface area contributed by atoms with Crippen molar-refractivity contribution in [1.29, 1.82) is 0 Å². The second-order valence-electron chi connectivity index (χ2n) is 5.63. The quantitative estimate of drug-likeness (QED) is 0.377. The maximum atomic E-state index is 12.9. The minimum Gasteiger partial charge on any atom is -0.468 e. The molecule has 0 bridgehead atoms. The number of hydrogen-bond donors (Lipinski definition) is 1. The van der Waals surface area contributed by atoms with E-state index in [9.17, 15) is 19.7 Å². The number of rotatable bonds is 5. The summed E-state index contributed by atoms with van der Waals surface area (Å²) < 4.78 is 4.74. The van der Waals surface area contributed by atoms with Crippen LogP contribution in [0.15, 0.2) is 54.9 Å². The summed E-state index contributed by atoms with van der Waals surface area (Å²) in [5.74, 6) is -0.811. The first kappa shape index (κ1) is 17.4. The summed E-state index contributed by atoms with van der Waals surface area (Å²) in [4.78, 5) is 39.2. The van der Waals surface area contributed by atoms with E-state index in [0.29, 0.717) is 16.7 Å². The van der Waals surface area contributed by atoms with Crippen molar-refractivity contribution in [3.05, 3.63) is 76.1 Å². The topological polar surface area (TPSA) is 111 Å². The van der Waals surface area contributed by atoms with Crippen LogP contribution in [0.1, 0.15) is 15.9 Å². The van der Waals surface area contributed by atoms with Crippen LogP contribution in [0, 0.1) is 10.1 Å². The molecule has 0 aliphatic carbocycles. The average Bonchev–Trinajstić information content (AvgIpc) is 3.13. The van der Waals surface area contributed by atoms with Gasteiger partial charge in [0.25, 0.3) is 5.69 Å². The molecule has 2 atom stereocenters. The molecule has 1 N–H and O–H groups in total. The van der Waals surface area contributed by atoms with Crippen LogP contribution in [0.4, 0.5) is 5.69 Å². The number of ether oxygens (including phenoxy) is 1. The van der Waals surface area contributed by atoms with Gasteiger partial charge in [-0.1, -0.05) is 18.2 Å². The summed E-state index contributed by atoms with van der Waals surface area (Å²) in [6, 6.07) is 7.43. The summed E-state index contributed by atoms with van der Waals surface area (Å²) in [5, 5.41) is 14.0. The molecule has 1 aliphatic rings. The molecule has 3 rings (SSSR count). The van der Waals surface area contributed by atoms with Crippen molar-refractivity contribution in [3.63, 3.8) is 0 Å². The number of nitro benzene ring substituents is 1. The van der Waals surface area contributed by atoms with Gasteiger partial charge in [-0.15, -0.1) is 0 Å². The second kappa shape index (κ2) is 7.24. The molecule has 1 aliphatic heterocycles. The minimum atomic E-state index is -0.830. The highest BCUT2D eigenvalue weighted by Crippen LogP contribution is 2.29. The number of carbonyl (C=O) groups excluding carboxylic acids is 2. The van der Waals surface area contributed by atoms with Crippen LogP contribution in [0.3, 0.4) is 0 Å². The summed E-state index contributed by atoms with van der Waals surface area (Å²) in [7, 11) is 1.25. The van der Waals surface area contributed by atoms with E-state index >= 15 is 0 Å². The lowest BCUT2D eigenvalue weighted by molar-refractivity contribution is -0.384. The number of pyridine rings is 1. The van der Waals surface area contributed by atoms with Crippen LogP contribution in [-0.4, -0.2) is 40.9 Å². The first-order valence-electron chi connectivity index (χ1n) is 7.76. The number of nitrogens with one attached hydrogen (secondary N) is 1. The Bertz CT molecular complexity index is 895. The molecule has 26 heavy (non-hydrogen) atoms. The molecule has 1 aromatic heterocycles. The lowest BCUT2D eigenvalue weighted by atomic mass is 9.94. The monoisotopic (exact) mass is 353 g/mol. The van der Waals surface area contributed by atoms with E-state index < -0.39 is 23.0 Å². The number of ketones is 1. The number of benzene rings is 1. The Labute approximate surface area is 148 Å². The highest BCUT2D eigenvalue weighted by Gasteiger charge is 2.36. The van der Waals surface area contributed by atoms with E-state index in [1.807, 2.05) is 0 Å². The third-order valence-corrected chi connectivity index (χ3v) is 4.08. The van der Waals surface area contributed by atoms with E-state index in [4.69, 9.17) is 4.74 Å². The molecule has 0 saturated heterocycles. The number of nitro groups is 1. The predicted octanol–water partition coefficient (Wildman–Crippen LogP) is 1.77. The lowest BCUT2D eigenvalue weighted by Crippen LogP contribution is -2.41. The van der Waals surface area contributed by atoms with Crippen molar-refractivity contribution >= 4 is 23.0 Å². The zero-order chi connectivity index (χ0) is 18.7. The molecule has 0 spiro atoms. The molecule has 0 saturated carbocycles. The molecule has 1 aromatic carbocycles. The van der Waals surface area contributed by atoms with Gasteiger partial charge in [0, 0.05) is 30.1 Å². The molecule has 132 valence electrons. The van der Waals surface area contributed by atoms with E-state index in [1.165, 1.54) is 37.7 Å². The van der Waals surface area contributed by atoms with Crippen LogP contribution in [0.2, 0.25) is 0 Å². The zero-order valence-electron chi connectivity index (χ0n) is 13.8. The summed E-state index contributed by atoms with van der Waals surface area (Å²) in [6.45, 7) is 0. The first-order valence-corrected chi connectivity index (χ1v) is 7.76. The number of esters is 1. The Morgan fingerprint density at radius 1 is 1.23 bits per heavy atom. The fourth-order valence-electron chi connectivity index (χ4n) is 2.82. The van der Waals surface area contributed by atoms with Gasteiger partial charge in [0.1, 0.15) is 6.04 Å². The van der Waals surface area contributed by atoms with Crippen LogP contribution < -0.4 is 5.32 Å². The molecule has 0 amide bonds. The standard InChI is InChI=1S/C18H15N3O5/c1-26-18(23)15-10-14(12-3-2-4-13(9-12)21(24)25)16(20-15)17(22)11-5-7-19-8-6-11/h2-10,15-16,20H,1H3/t15-,16+/m0/s1. The molecular weight excluding hydrogens is 338 g/mol. The van der Waals surface area contributed by atoms with Gasteiger partial charge in [-0.05, 0) is 23.3 Å². The van der Waals surface area contributed by atoms with Gasteiger partial charge in [0.2, 0.25) is 0 Å². The number of carbonyl (C=O) groups is 2. The summed E-state index contributed by atoms with van der Waals surface area (Å²) in [6.07, 6.45) is 4.56. The fraction of sp³-hybridized carbons (Fsp3) is 0.167. The number of aromatic nitrogens is 1. The van der Waals surface area contributed by atoms with Gasteiger partial charge >= 0.3 is 5.97 Å². The third-order valence-electron chi connectivity index (χ3n) is 4.08. The zero-order valence-corrected chi connectivity index (χ0v) is 13.8. The normalized spacial score (nSPS) is 18.9. The number of non-ortho nitro benzene ring substituents is 1. The van der Waals surface area contributed by atoms with Crippen LogP contribution in [0.5, 0.6) is 0 Å². The lowest BCUT2D eigenvalue weighted by Gasteiger charge is -2.16. The number of nitrogens with zero attached hydrogens (tertiary/aromatic N) is 2. The maximum Gasteiger partial charge on any atom is 0.326 e. The van der Waals surface area contributed by atoms with Crippen LogP contribution in [-0.2, 0) is 9.53 Å². The molecule has 0 fully saturated rings. The van der Waals surface area contributed by atoms with Crippen molar-refractivity contribution in [2.75, 3.05) is 7.11 Å². The van der Waals surface area contributed by atoms with Crippen molar-refractivity contribution in [3.8, 4) is 0 Å². The van der Waals surface area contributed by atoms with Gasteiger partial charge in [-0.3, -0.25) is 30.0 Å². The minimum absolute atomic E-state index is 0.0972. The van der Waals surface area contributed by atoms with Crippen molar-refractivity contribution in [2.45, 2.75) is 12.1 Å². The van der Waals surface area contributed by atoms with E-state index in [0.717, 1.165) is 0 Å². The van der Waals surface area contributed by atoms with Gasteiger partial charge in [0.05, 0.1) is 18.1 Å². The van der Waals surface area contributed by atoms with Crippen molar-refractivity contribution in [1.82, 2.24) is 10.3 Å². The van der Waals surface area contributed by atoms with Gasteiger partial charge in [-0.25, -0.2) is 0 Å². The molecule has 2 aromatic rings. The van der Waals surface area contributed by atoms with Gasteiger partial charge in [-0.2, -0.15) is 0 Å².